The van der Waals surface area contributed by atoms with Crippen LogP contribution in [0, 0.1) is 0 Å². The monoisotopic (exact) mass is 223 g/mol. The Morgan fingerprint density at radius 3 is 2.40 bits per heavy atom. The van der Waals surface area contributed by atoms with Crippen molar-refractivity contribution in [2.24, 2.45) is 0 Å². The van der Waals surface area contributed by atoms with Gasteiger partial charge in [-0.05, 0) is 36.5 Å². The Bertz CT molecular complexity index is 340. The molecule has 1 fully saturated rings. The summed E-state index contributed by atoms with van der Waals surface area (Å²) < 4.78 is 0. The summed E-state index contributed by atoms with van der Waals surface area (Å²) in [6, 6.07) is 6.48. The van der Waals surface area contributed by atoms with E-state index in [0.717, 1.165) is 5.02 Å². The van der Waals surface area contributed by atoms with Gasteiger partial charge in [0.05, 0.1) is 0 Å². The lowest BCUT2D eigenvalue weighted by molar-refractivity contribution is 0.865. The van der Waals surface area contributed by atoms with Gasteiger partial charge in [-0.15, -0.1) is 0 Å². The molecule has 1 nitrogen and oxygen atoms in total. The Morgan fingerprint density at radius 2 is 1.87 bits per heavy atom. The summed E-state index contributed by atoms with van der Waals surface area (Å²) in [6.45, 7) is 6.71. The van der Waals surface area contributed by atoms with Crippen molar-refractivity contribution in [3.63, 3.8) is 0 Å². The molecule has 2 heteroatoms. The highest BCUT2D eigenvalue weighted by molar-refractivity contribution is 6.31. The van der Waals surface area contributed by atoms with Crippen LogP contribution >= 0.6 is 11.6 Å². The predicted molar refractivity (Wildman–Crippen MR) is 67.0 cm³/mol. The molecule has 1 saturated heterocycles. The molecule has 1 aliphatic rings. The van der Waals surface area contributed by atoms with Gasteiger partial charge in [-0.1, -0.05) is 31.5 Å². The van der Waals surface area contributed by atoms with Crippen LogP contribution in [0.4, 0.5) is 5.69 Å². The molecule has 0 aromatic heterocycles. The molecule has 0 radical (unpaired) electrons. The second-order valence-electron chi connectivity index (χ2n) is 4.55. The molecule has 0 saturated carbocycles. The number of nitrogens with zero attached hydrogens (tertiary/aromatic N) is 1. The second kappa shape index (κ2) is 4.44. The van der Waals surface area contributed by atoms with Crippen LogP contribution in [-0.2, 0) is 0 Å². The number of benzene rings is 1. The third-order valence-corrected chi connectivity index (χ3v) is 3.40. The smallest absolute Gasteiger partial charge is 0.0461 e. The number of hydrogen-bond acceptors (Lipinski definition) is 1. The SMILES string of the molecule is CC(C)c1ccc(N2CCCC2)cc1Cl. The van der Waals surface area contributed by atoms with E-state index in [9.17, 15) is 0 Å². The van der Waals surface area contributed by atoms with Crippen molar-refractivity contribution in [2.45, 2.75) is 32.6 Å². The van der Waals surface area contributed by atoms with Crippen molar-refractivity contribution in [1.82, 2.24) is 0 Å². The molecule has 1 heterocycles. The highest BCUT2D eigenvalue weighted by Gasteiger charge is 2.14. The van der Waals surface area contributed by atoms with Crippen molar-refractivity contribution in [3.05, 3.63) is 28.8 Å². The Kier molecular flexibility index (Phi) is 3.20. The van der Waals surface area contributed by atoms with E-state index in [1.807, 2.05) is 0 Å². The lowest BCUT2D eigenvalue weighted by Gasteiger charge is -2.19. The fourth-order valence-electron chi connectivity index (χ4n) is 2.16. The average molecular weight is 224 g/mol. The fraction of sp³-hybridized carbons (Fsp3) is 0.538. The predicted octanol–water partition coefficient (Wildman–Crippen LogP) is 4.06. The third-order valence-electron chi connectivity index (χ3n) is 3.08. The fourth-order valence-corrected chi connectivity index (χ4v) is 2.55. The Morgan fingerprint density at radius 1 is 1.20 bits per heavy atom. The third kappa shape index (κ3) is 2.28. The first kappa shape index (κ1) is 10.8. The van der Waals surface area contributed by atoms with Gasteiger partial charge < -0.3 is 4.90 Å². The first-order chi connectivity index (χ1) is 7.18. The largest absolute Gasteiger partial charge is 0.371 e. The van der Waals surface area contributed by atoms with Crippen LogP contribution in [0.3, 0.4) is 0 Å². The van der Waals surface area contributed by atoms with E-state index in [2.05, 4.69) is 36.9 Å². The molecule has 82 valence electrons. The Hall–Kier alpha value is -0.690. The average Bonchev–Trinajstić information content (AvgIpc) is 2.69. The lowest BCUT2D eigenvalue weighted by Crippen LogP contribution is -2.17. The van der Waals surface area contributed by atoms with Crippen molar-refractivity contribution in [2.75, 3.05) is 18.0 Å². The summed E-state index contributed by atoms with van der Waals surface area (Å²) in [5, 5.41) is 0.911. The second-order valence-corrected chi connectivity index (χ2v) is 4.96. The molecule has 0 unspecified atom stereocenters. The van der Waals surface area contributed by atoms with Crippen molar-refractivity contribution >= 4 is 17.3 Å². The zero-order valence-corrected chi connectivity index (χ0v) is 10.2. The van der Waals surface area contributed by atoms with E-state index >= 15 is 0 Å². The first-order valence-electron chi connectivity index (χ1n) is 5.73. The minimum absolute atomic E-state index is 0.505. The summed E-state index contributed by atoms with van der Waals surface area (Å²) in [6.07, 6.45) is 2.62. The number of hydrogen-bond donors (Lipinski definition) is 0. The van der Waals surface area contributed by atoms with Gasteiger partial charge in [-0.2, -0.15) is 0 Å². The van der Waals surface area contributed by atoms with Crippen molar-refractivity contribution < 1.29 is 0 Å². The van der Waals surface area contributed by atoms with E-state index in [4.69, 9.17) is 11.6 Å². The summed E-state index contributed by atoms with van der Waals surface area (Å²) >= 11 is 6.28. The molecule has 1 aromatic rings. The molecule has 0 atom stereocenters. The summed E-state index contributed by atoms with van der Waals surface area (Å²) in [7, 11) is 0. The quantitative estimate of drug-likeness (QED) is 0.731. The van der Waals surface area contributed by atoms with Gasteiger partial charge in [0.25, 0.3) is 0 Å². The van der Waals surface area contributed by atoms with E-state index in [1.54, 1.807) is 0 Å². The maximum absolute atomic E-state index is 6.28. The summed E-state index contributed by atoms with van der Waals surface area (Å²) in [4.78, 5) is 2.41. The molecule has 0 aliphatic carbocycles. The number of anilines is 1. The van der Waals surface area contributed by atoms with Gasteiger partial charge in [-0.25, -0.2) is 0 Å². The van der Waals surface area contributed by atoms with E-state index < -0.39 is 0 Å². The van der Waals surface area contributed by atoms with Crippen LogP contribution in [0.25, 0.3) is 0 Å². The normalized spacial score (nSPS) is 16.4. The molecular formula is C13H18ClN. The zero-order chi connectivity index (χ0) is 10.8. The molecule has 0 N–H and O–H groups in total. The van der Waals surface area contributed by atoms with E-state index in [1.165, 1.54) is 37.2 Å². The van der Waals surface area contributed by atoms with Gasteiger partial charge in [0.1, 0.15) is 0 Å². The van der Waals surface area contributed by atoms with Gasteiger partial charge in [0.2, 0.25) is 0 Å². The van der Waals surface area contributed by atoms with Crippen LogP contribution in [0.1, 0.15) is 38.2 Å². The molecule has 0 spiro atoms. The molecular weight excluding hydrogens is 206 g/mol. The van der Waals surface area contributed by atoms with Gasteiger partial charge in [0, 0.05) is 23.8 Å². The van der Waals surface area contributed by atoms with Gasteiger partial charge in [-0.3, -0.25) is 0 Å². The Balaban J connectivity index is 2.24. The zero-order valence-electron chi connectivity index (χ0n) is 9.46. The van der Waals surface area contributed by atoms with Crippen LogP contribution in [0.15, 0.2) is 18.2 Å². The topological polar surface area (TPSA) is 3.24 Å². The summed E-state index contributed by atoms with van der Waals surface area (Å²) in [5.41, 5.74) is 2.53. The van der Waals surface area contributed by atoms with Gasteiger partial charge >= 0.3 is 0 Å². The maximum atomic E-state index is 6.28. The maximum Gasteiger partial charge on any atom is 0.0461 e. The highest BCUT2D eigenvalue weighted by atomic mass is 35.5. The molecule has 1 aromatic carbocycles. The first-order valence-corrected chi connectivity index (χ1v) is 6.10. The van der Waals surface area contributed by atoms with Crippen LogP contribution in [0.2, 0.25) is 5.02 Å². The minimum Gasteiger partial charge on any atom is -0.371 e. The molecule has 1 aliphatic heterocycles. The van der Waals surface area contributed by atoms with Crippen molar-refractivity contribution in [3.8, 4) is 0 Å². The standard InChI is InChI=1S/C13H18ClN/c1-10(2)12-6-5-11(9-13(12)14)15-7-3-4-8-15/h5-6,9-10H,3-4,7-8H2,1-2H3. The van der Waals surface area contributed by atoms with Crippen LogP contribution < -0.4 is 4.90 Å². The number of halogens is 1. The molecule has 2 rings (SSSR count). The highest BCUT2D eigenvalue weighted by Crippen LogP contribution is 2.30. The van der Waals surface area contributed by atoms with Crippen LogP contribution in [0.5, 0.6) is 0 Å². The summed E-state index contributed by atoms with van der Waals surface area (Å²) in [5.74, 6) is 0.505. The molecule has 0 amide bonds. The van der Waals surface area contributed by atoms with Crippen molar-refractivity contribution in [1.29, 1.82) is 0 Å². The van der Waals surface area contributed by atoms with E-state index in [-0.39, 0.29) is 0 Å². The minimum atomic E-state index is 0.505. The molecule has 0 bridgehead atoms. The molecule has 15 heavy (non-hydrogen) atoms. The Labute approximate surface area is 97.0 Å². The number of rotatable bonds is 2. The van der Waals surface area contributed by atoms with E-state index in [0.29, 0.717) is 5.92 Å². The van der Waals surface area contributed by atoms with Crippen LogP contribution in [-0.4, -0.2) is 13.1 Å². The lowest BCUT2D eigenvalue weighted by atomic mass is 10.0. The van der Waals surface area contributed by atoms with Gasteiger partial charge in [0.15, 0.2) is 0 Å².